The molecule has 0 amide bonds. The molecule has 1 aromatic heterocycles. The molecule has 1 aromatic carbocycles. The van der Waals surface area contributed by atoms with E-state index in [0.717, 1.165) is 12.0 Å². The zero-order valence-corrected chi connectivity index (χ0v) is 16.0. The first-order valence-corrected chi connectivity index (χ1v) is 10.1. The molecule has 130 valence electrons. The van der Waals surface area contributed by atoms with Crippen LogP contribution in [0.1, 0.15) is 38.2 Å². The Hall–Kier alpha value is -1.77. The van der Waals surface area contributed by atoms with Gasteiger partial charge >= 0.3 is 0 Å². The minimum Gasteiger partial charge on any atom is -0.366 e. The third-order valence-electron chi connectivity index (χ3n) is 4.73. The van der Waals surface area contributed by atoms with Crippen molar-refractivity contribution in [1.29, 1.82) is 5.26 Å². The topological polar surface area (TPSA) is 61.6 Å². The molecule has 1 N–H and O–H groups in total. The van der Waals surface area contributed by atoms with E-state index >= 15 is 0 Å². The Bertz CT molecular complexity index is 785. The second kappa shape index (κ2) is 8.07. The molecule has 0 unspecified atom stereocenters. The predicted molar refractivity (Wildman–Crippen MR) is 104 cm³/mol. The van der Waals surface area contributed by atoms with Crippen LogP contribution in [0.25, 0.3) is 11.3 Å². The highest BCUT2D eigenvalue weighted by Gasteiger charge is 2.24. The Morgan fingerprint density at radius 1 is 1.20 bits per heavy atom. The fraction of sp³-hybridized carbons (Fsp3) is 0.421. The van der Waals surface area contributed by atoms with Crippen molar-refractivity contribution in [3.05, 3.63) is 34.9 Å². The van der Waals surface area contributed by atoms with Crippen molar-refractivity contribution >= 4 is 29.2 Å². The molecule has 1 aliphatic carbocycles. The molecule has 2 aromatic rings. The molecule has 1 saturated carbocycles. The van der Waals surface area contributed by atoms with E-state index in [4.69, 9.17) is 11.6 Å². The summed E-state index contributed by atoms with van der Waals surface area (Å²) < 4.78 is 0. The van der Waals surface area contributed by atoms with Crippen LogP contribution < -0.4 is 5.32 Å². The predicted octanol–water partition coefficient (Wildman–Crippen LogP) is 5.38. The fourth-order valence-corrected chi connectivity index (χ4v) is 3.76. The van der Waals surface area contributed by atoms with Gasteiger partial charge in [-0.1, -0.05) is 55.3 Å². The average molecular weight is 373 g/mol. The average Bonchev–Trinajstić information content (AvgIpc) is 2.63. The number of thioether (sulfide) groups is 1. The van der Waals surface area contributed by atoms with Gasteiger partial charge in [0.05, 0.1) is 5.69 Å². The third kappa shape index (κ3) is 4.08. The molecule has 1 heterocycles. The van der Waals surface area contributed by atoms with E-state index in [1.54, 1.807) is 0 Å². The van der Waals surface area contributed by atoms with Crippen molar-refractivity contribution in [2.24, 2.45) is 5.92 Å². The summed E-state index contributed by atoms with van der Waals surface area (Å²) in [5, 5.41) is 14.6. The zero-order valence-electron chi connectivity index (χ0n) is 14.4. The van der Waals surface area contributed by atoms with Gasteiger partial charge in [0, 0.05) is 16.6 Å². The lowest BCUT2D eigenvalue weighted by molar-refractivity contribution is 0.349. The van der Waals surface area contributed by atoms with Gasteiger partial charge in [0.15, 0.2) is 5.16 Å². The summed E-state index contributed by atoms with van der Waals surface area (Å²) in [6.45, 7) is 2.26. The number of rotatable bonds is 4. The van der Waals surface area contributed by atoms with Crippen LogP contribution in [0.5, 0.6) is 0 Å². The van der Waals surface area contributed by atoms with Gasteiger partial charge in [0.1, 0.15) is 17.5 Å². The molecule has 6 heteroatoms. The van der Waals surface area contributed by atoms with Gasteiger partial charge in [-0.2, -0.15) is 5.26 Å². The largest absolute Gasteiger partial charge is 0.366 e. The second-order valence-corrected chi connectivity index (χ2v) is 7.62. The molecule has 0 spiro atoms. The second-order valence-electron chi connectivity index (χ2n) is 6.41. The smallest absolute Gasteiger partial charge is 0.189 e. The first-order valence-electron chi connectivity index (χ1n) is 8.51. The van der Waals surface area contributed by atoms with E-state index in [2.05, 4.69) is 28.3 Å². The Kier molecular flexibility index (Phi) is 5.82. The minimum atomic E-state index is 0.350. The van der Waals surface area contributed by atoms with Gasteiger partial charge in [-0.25, -0.2) is 9.97 Å². The molecule has 1 aliphatic rings. The van der Waals surface area contributed by atoms with Crippen LogP contribution in [-0.2, 0) is 0 Å². The molecule has 2 atom stereocenters. The number of nitrogens with one attached hydrogen (secondary N) is 1. The Labute approximate surface area is 158 Å². The third-order valence-corrected chi connectivity index (χ3v) is 5.53. The van der Waals surface area contributed by atoms with E-state index in [9.17, 15) is 5.26 Å². The van der Waals surface area contributed by atoms with E-state index in [1.807, 2.05) is 30.5 Å². The van der Waals surface area contributed by atoms with Crippen LogP contribution in [0.3, 0.4) is 0 Å². The van der Waals surface area contributed by atoms with Gasteiger partial charge in [-0.15, -0.1) is 0 Å². The summed E-state index contributed by atoms with van der Waals surface area (Å²) in [4.78, 5) is 9.17. The number of halogens is 1. The molecule has 0 radical (unpaired) electrons. The fourth-order valence-electron chi connectivity index (χ4n) is 3.26. The van der Waals surface area contributed by atoms with Crippen molar-refractivity contribution in [3.63, 3.8) is 0 Å². The van der Waals surface area contributed by atoms with Crippen LogP contribution in [0, 0.1) is 17.2 Å². The highest BCUT2D eigenvalue weighted by atomic mass is 35.5. The van der Waals surface area contributed by atoms with Crippen LogP contribution in [0.2, 0.25) is 5.02 Å². The van der Waals surface area contributed by atoms with E-state index < -0.39 is 0 Å². The number of nitrogens with zero attached hydrogens (tertiary/aromatic N) is 3. The number of hydrogen-bond donors (Lipinski definition) is 1. The van der Waals surface area contributed by atoms with Crippen LogP contribution >= 0.6 is 23.4 Å². The highest BCUT2D eigenvalue weighted by Crippen LogP contribution is 2.32. The molecule has 25 heavy (non-hydrogen) atoms. The molecular formula is C19H21ClN4S. The molecule has 3 rings (SSSR count). The maximum Gasteiger partial charge on any atom is 0.189 e. The van der Waals surface area contributed by atoms with Crippen molar-refractivity contribution in [2.75, 3.05) is 11.6 Å². The van der Waals surface area contributed by atoms with Crippen molar-refractivity contribution < 1.29 is 0 Å². The van der Waals surface area contributed by atoms with Crippen LogP contribution in [-0.4, -0.2) is 22.3 Å². The highest BCUT2D eigenvalue weighted by molar-refractivity contribution is 7.98. The molecule has 0 bridgehead atoms. The van der Waals surface area contributed by atoms with Gasteiger partial charge in [0.25, 0.3) is 0 Å². The first-order chi connectivity index (χ1) is 12.1. The maximum absolute atomic E-state index is 9.77. The Balaban J connectivity index is 2.04. The molecule has 0 aliphatic heterocycles. The number of benzene rings is 1. The lowest BCUT2D eigenvalue weighted by Gasteiger charge is -2.30. The summed E-state index contributed by atoms with van der Waals surface area (Å²) in [5.41, 5.74) is 2.03. The minimum absolute atomic E-state index is 0.350. The van der Waals surface area contributed by atoms with Crippen LogP contribution in [0.4, 0.5) is 5.82 Å². The summed E-state index contributed by atoms with van der Waals surface area (Å²) in [7, 11) is 0. The molecule has 1 fully saturated rings. The standard InChI is InChI=1S/C19H21ClN4S/c1-12-5-3-4-6-16(12)22-18-15(11-21)17(23-19(24-18)25-2)13-7-9-14(20)10-8-13/h7-10,12,16H,3-6H2,1-2H3,(H,22,23,24)/t12-,16+/m1/s1. The SMILES string of the molecule is CSc1nc(N[C@H]2CCCC[C@H]2C)c(C#N)c(-c2ccc(Cl)cc2)n1. The van der Waals surface area contributed by atoms with E-state index in [-0.39, 0.29) is 0 Å². The van der Waals surface area contributed by atoms with Crippen molar-refractivity contribution in [2.45, 2.75) is 43.8 Å². The monoisotopic (exact) mass is 372 g/mol. The van der Waals surface area contributed by atoms with Crippen molar-refractivity contribution in [3.8, 4) is 17.3 Å². The Morgan fingerprint density at radius 2 is 1.92 bits per heavy atom. The summed E-state index contributed by atoms with van der Waals surface area (Å²) in [5.74, 6) is 1.22. The maximum atomic E-state index is 9.77. The summed E-state index contributed by atoms with van der Waals surface area (Å²) in [6, 6.07) is 10.1. The lowest BCUT2D eigenvalue weighted by atomic mass is 9.86. The summed E-state index contributed by atoms with van der Waals surface area (Å²) >= 11 is 7.47. The number of anilines is 1. The number of hydrogen-bond acceptors (Lipinski definition) is 5. The summed E-state index contributed by atoms with van der Waals surface area (Å²) in [6.07, 6.45) is 6.76. The molecule has 4 nitrogen and oxygen atoms in total. The van der Waals surface area contributed by atoms with Gasteiger partial charge < -0.3 is 5.32 Å². The molecule has 0 saturated heterocycles. The Morgan fingerprint density at radius 3 is 2.56 bits per heavy atom. The first kappa shape index (κ1) is 18.0. The number of nitriles is 1. The quantitative estimate of drug-likeness (QED) is 0.576. The zero-order chi connectivity index (χ0) is 17.8. The lowest BCUT2D eigenvalue weighted by Crippen LogP contribution is -2.31. The number of aromatic nitrogens is 2. The normalized spacial score (nSPS) is 20.1. The van der Waals surface area contributed by atoms with Gasteiger partial charge in [-0.05, 0) is 37.1 Å². The van der Waals surface area contributed by atoms with E-state index in [0.29, 0.717) is 39.2 Å². The van der Waals surface area contributed by atoms with E-state index in [1.165, 1.54) is 31.0 Å². The van der Waals surface area contributed by atoms with Gasteiger partial charge in [0.2, 0.25) is 0 Å². The van der Waals surface area contributed by atoms with Gasteiger partial charge in [-0.3, -0.25) is 0 Å². The molecular weight excluding hydrogens is 352 g/mol. The van der Waals surface area contributed by atoms with Crippen molar-refractivity contribution in [1.82, 2.24) is 9.97 Å². The van der Waals surface area contributed by atoms with Crippen LogP contribution in [0.15, 0.2) is 29.4 Å².